The van der Waals surface area contributed by atoms with Crippen molar-refractivity contribution in [3.05, 3.63) is 29.3 Å². The van der Waals surface area contributed by atoms with Crippen LogP contribution in [0, 0.1) is 13.8 Å². The summed E-state index contributed by atoms with van der Waals surface area (Å²) in [5, 5.41) is -0.342. The lowest BCUT2D eigenvalue weighted by Gasteiger charge is -2.11. The van der Waals surface area contributed by atoms with E-state index in [-0.39, 0.29) is 17.6 Å². The molecular weight excluding hydrogens is 236 g/mol. The van der Waals surface area contributed by atoms with E-state index in [4.69, 9.17) is 4.74 Å². The normalized spacial score (nSPS) is 11.8. The van der Waals surface area contributed by atoms with E-state index in [0.29, 0.717) is 0 Å². The summed E-state index contributed by atoms with van der Waals surface area (Å²) in [6, 6.07) is 5.86. The Labute approximate surface area is 104 Å². The first kappa shape index (κ1) is 14.0. The lowest BCUT2D eigenvalue weighted by Crippen LogP contribution is -2.22. The molecule has 1 aromatic carbocycles. The van der Waals surface area contributed by atoms with E-state index in [9.17, 15) is 8.42 Å². The van der Waals surface area contributed by atoms with Crippen molar-refractivity contribution in [2.75, 3.05) is 12.4 Å². The molecule has 0 unspecified atom stereocenters. The third kappa shape index (κ3) is 4.04. The fourth-order valence-electron chi connectivity index (χ4n) is 1.46. The Bertz CT molecular complexity index is 475. The van der Waals surface area contributed by atoms with Crippen molar-refractivity contribution >= 4 is 9.84 Å². The van der Waals surface area contributed by atoms with Crippen LogP contribution < -0.4 is 4.74 Å². The number of sulfone groups is 1. The van der Waals surface area contributed by atoms with E-state index in [1.807, 2.05) is 32.0 Å². The third-order valence-electron chi connectivity index (χ3n) is 2.67. The Morgan fingerprint density at radius 1 is 1.24 bits per heavy atom. The predicted molar refractivity (Wildman–Crippen MR) is 70.3 cm³/mol. The minimum Gasteiger partial charge on any atom is -0.492 e. The van der Waals surface area contributed by atoms with Gasteiger partial charge >= 0.3 is 0 Å². The van der Waals surface area contributed by atoms with Crippen LogP contribution in [-0.4, -0.2) is 26.0 Å². The summed E-state index contributed by atoms with van der Waals surface area (Å²) >= 11 is 0. The summed E-state index contributed by atoms with van der Waals surface area (Å²) in [5.74, 6) is 0.826. The van der Waals surface area contributed by atoms with E-state index in [1.54, 1.807) is 13.8 Å². The largest absolute Gasteiger partial charge is 0.492 e. The molecule has 1 aromatic rings. The fraction of sp³-hybridized carbons (Fsp3) is 0.538. The van der Waals surface area contributed by atoms with Gasteiger partial charge in [-0.3, -0.25) is 0 Å². The minimum atomic E-state index is -3.01. The van der Waals surface area contributed by atoms with Gasteiger partial charge in [-0.1, -0.05) is 17.7 Å². The number of ether oxygens (including phenoxy) is 1. The summed E-state index contributed by atoms with van der Waals surface area (Å²) in [4.78, 5) is 0. The lowest BCUT2D eigenvalue weighted by molar-refractivity contribution is 0.338. The summed E-state index contributed by atoms with van der Waals surface area (Å²) in [5.41, 5.74) is 2.21. The molecule has 0 atom stereocenters. The smallest absolute Gasteiger partial charge is 0.155 e. The number of hydrogen-bond donors (Lipinski definition) is 0. The highest BCUT2D eigenvalue weighted by atomic mass is 32.2. The average Bonchev–Trinajstić information content (AvgIpc) is 2.21. The van der Waals surface area contributed by atoms with Crippen LogP contribution in [0.4, 0.5) is 0 Å². The van der Waals surface area contributed by atoms with Gasteiger partial charge in [0.25, 0.3) is 0 Å². The van der Waals surface area contributed by atoms with Crippen LogP contribution in [0.5, 0.6) is 5.75 Å². The highest BCUT2D eigenvalue weighted by Gasteiger charge is 2.15. The monoisotopic (exact) mass is 256 g/mol. The van der Waals surface area contributed by atoms with Crippen LogP contribution in [0.25, 0.3) is 0 Å². The van der Waals surface area contributed by atoms with Crippen molar-refractivity contribution in [2.45, 2.75) is 32.9 Å². The first-order valence-electron chi connectivity index (χ1n) is 5.74. The van der Waals surface area contributed by atoms with E-state index in [1.165, 1.54) is 5.56 Å². The van der Waals surface area contributed by atoms with E-state index in [0.717, 1.165) is 11.3 Å². The number of aryl methyl sites for hydroxylation is 2. The van der Waals surface area contributed by atoms with Gasteiger partial charge in [-0.25, -0.2) is 8.42 Å². The van der Waals surface area contributed by atoms with Crippen LogP contribution in [0.2, 0.25) is 0 Å². The molecule has 0 aliphatic heterocycles. The van der Waals surface area contributed by atoms with Crippen LogP contribution in [0.15, 0.2) is 18.2 Å². The summed E-state index contributed by atoms with van der Waals surface area (Å²) in [6.07, 6.45) is 0. The van der Waals surface area contributed by atoms with E-state index < -0.39 is 9.84 Å². The maximum atomic E-state index is 11.6. The van der Waals surface area contributed by atoms with Crippen molar-refractivity contribution in [2.24, 2.45) is 0 Å². The number of hydrogen-bond acceptors (Lipinski definition) is 3. The van der Waals surface area contributed by atoms with Crippen LogP contribution in [-0.2, 0) is 9.84 Å². The Morgan fingerprint density at radius 3 is 2.41 bits per heavy atom. The standard InChI is InChI=1S/C13H20O3S/c1-10(2)17(14,15)8-7-16-13-6-5-11(3)9-12(13)4/h5-6,9-10H,7-8H2,1-4H3. The number of rotatable bonds is 5. The van der Waals surface area contributed by atoms with Gasteiger partial charge in [0.2, 0.25) is 0 Å². The molecule has 0 aliphatic carbocycles. The van der Waals surface area contributed by atoms with Crippen molar-refractivity contribution in [3.8, 4) is 5.75 Å². The van der Waals surface area contributed by atoms with E-state index >= 15 is 0 Å². The molecule has 0 spiro atoms. The zero-order chi connectivity index (χ0) is 13.1. The molecule has 3 nitrogen and oxygen atoms in total. The fourth-order valence-corrected chi connectivity index (χ4v) is 2.25. The molecule has 0 radical (unpaired) electrons. The van der Waals surface area contributed by atoms with Crippen molar-refractivity contribution < 1.29 is 13.2 Å². The second-order valence-corrected chi connectivity index (χ2v) is 7.21. The van der Waals surface area contributed by atoms with Crippen molar-refractivity contribution in [1.82, 2.24) is 0 Å². The van der Waals surface area contributed by atoms with Crippen molar-refractivity contribution in [1.29, 1.82) is 0 Å². The first-order chi connectivity index (χ1) is 7.83. The average molecular weight is 256 g/mol. The Balaban J connectivity index is 2.58. The minimum absolute atomic E-state index is 0.0674. The molecule has 0 fully saturated rings. The molecule has 0 N–H and O–H groups in total. The maximum absolute atomic E-state index is 11.6. The SMILES string of the molecule is Cc1ccc(OCCS(=O)(=O)C(C)C)c(C)c1. The van der Waals surface area contributed by atoms with Crippen LogP contribution in [0.3, 0.4) is 0 Å². The molecule has 0 saturated heterocycles. The molecule has 0 saturated carbocycles. The van der Waals surface area contributed by atoms with Gasteiger partial charge in [-0.15, -0.1) is 0 Å². The van der Waals surface area contributed by atoms with Crippen molar-refractivity contribution in [3.63, 3.8) is 0 Å². The summed E-state index contributed by atoms with van der Waals surface area (Å²) in [7, 11) is -3.01. The predicted octanol–water partition coefficient (Wildman–Crippen LogP) is 2.51. The topological polar surface area (TPSA) is 43.4 Å². The second kappa shape index (κ2) is 5.54. The quantitative estimate of drug-likeness (QED) is 0.813. The molecule has 0 bridgehead atoms. The molecule has 17 heavy (non-hydrogen) atoms. The zero-order valence-electron chi connectivity index (χ0n) is 10.9. The van der Waals surface area contributed by atoms with Gasteiger partial charge < -0.3 is 4.74 Å². The Hall–Kier alpha value is -1.03. The highest BCUT2D eigenvalue weighted by molar-refractivity contribution is 7.91. The highest BCUT2D eigenvalue weighted by Crippen LogP contribution is 2.18. The van der Waals surface area contributed by atoms with Gasteiger partial charge in [-0.05, 0) is 39.3 Å². The summed E-state index contributed by atoms with van der Waals surface area (Å²) < 4.78 is 28.7. The maximum Gasteiger partial charge on any atom is 0.155 e. The van der Waals surface area contributed by atoms with Crippen LogP contribution in [0.1, 0.15) is 25.0 Å². The zero-order valence-corrected chi connectivity index (χ0v) is 11.7. The third-order valence-corrected chi connectivity index (χ3v) is 4.85. The molecule has 0 aliphatic rings. The van der Waals surface area contributed by atoms with E-state index in [2.05, 4.69) is 0 Å². The summed E-state index contributed by atoms with van der Waals surface area (Å²) in [6.45, 7) is 7.56. The molecule has 0 aromatic heterocycles. The molecule has 1 rings (SSSR count). The van der Waals surface area contributed by atoms with Gasteiger partial charge in [-0.2, -0.15) is 0 Å². The van der Waals surface area contributed by atoms with Gasteiger partial charge in [0.05, 0.1) is 11.0 Å². The molecule has 96 valence electrons. The Morgan fingerprint density at radius 2 is 1.88 bits per heavy atom. The number of benzene rings is 1. The van der Waals surface area contributed by atoms with Gasteiger partial charge in [0.15, 0.2) is 9.84 Å². The van der Waals surface area contributed by atoms with Gasteiger partial charge in [0.1, 0.15) is 12.4 Å². The molecular formula is C13H20O3S. The second-order valence-electron chi connectivity index (χ2n) is 4.53. The Kier molecular flexibility index (Phi) is 4.57. The first-order valence-corrected chi connectivity index (χ1v) is 7.46. The van der Waals surface area contributed by atoms with Gasteiger partial charge in [0, 0.05) is 0 Å². The molecule has 4 heteroatoms. The molecule has 0 heterocycles. The molecule has 0 amide bonds. The lowest BCUT2D eigenvalue weighted by atomic mass is 10.1. The van der Waals surface area contributed by atoms with Crippen LogP contribution >= 0.6 is 0 Å².